The molecule has 22 heavy (non-hydrogen) atoms. The summed E-state index contributed by atoms with van der Waals surface area (Å²) in [5.74, 6) is 0.598. The molecule has 0 spiro atoms. The molecule has 1 heterocycles. The molecule has 0 radical (unpaired) electrons. The van der Waals surface area contributed by atoms with E-state index in [0.29, 0.717) is 11.3 Å². The lowest BCUT2D eigenvalue weighted by Gasteiger charge is -2.16. The largest absolute Gasteiger partial charge is 0.497 e. The number of ketones is 1. The van der Waals surface area contributed by atoms with Gasteiger partial charge in [-0.05, 0) is 42.0 Å². The maximum Gasteiger partial charge on any atom is 0.258 e. The molecule has 0 amide bonds. The summed E-state index contributed by atoms with van der Waals surface area (Å²) in [6.07, 6.45) is -0.664. The van der Waals surface area contributed by atoms with Gasteiger partial charge in [0.1, 0.15) is 5.75 Å². The molecule has 2 aromatic rings. The molecule has 1 fully saturated rings. The van der Waals surface area contributed by atoms with E-state index in [9.17, 15) is 4.79 Å². The van der Waals surface area contributed by atoms with Crippen LogP contribution in [0.1, 0.15) is 22.0 Å². The predicted octanol–water partition coefficient (Wildman–Crippen LogP) is 2.89. The Hall–Kier alpha value is -2.40. The first-order valence-corrected chi connectivity index (χ1v) is 7.30. The summed E-state index contributed by atoms with van der Waals surface area (Å²) >= 11 is 5.08. The van der Waals surface area contributed by atoms with Gasteiger partial charge in [-0.2, -0.15) is 0 Å². The molecule has 2 aromatic carbocycles. The van der Waals surface area contributed by atoms with Crippen molar-refractivity contribution in [2.45, 2.75) is 12.1 Å². The Morgan fingerprint density at radius 1 is 1.14 bits per heavy atom. The van der Waals surface area contributed by atoms with Gasteiger partial charge >= 0.3 is 0 Å². The molecule has 0 aliphatic carbocycles. The fraction of sp³-hybridized carbons (Fsp3) is 0.176. The van der Waals surface area contributed by atoms with Crippen molar-refractivity contribution in [2.24, 2.45) is 0 Å². The maximum absolute atomic E-state index is 12.7. The summed E-state index contributed by atoms with van der Waals surface area (Å²) < 4.78 is 10.6. The minimum Gasteiger partial charge on any atom is -0.497 e. The first-order chi connectivity index (χ1) is 10.7. The third kappa shape index (κ3) is 2.80. The van der Waals surface area contributed by atoms with E-state index in [1.807, 2.05) is 30.3 Å². The molecule has 2 unspecified atom stereocenters. The van der Waals surface area contributed by atoms with E-state index in [4.69, 9.17) is 21.7 Å². The van der Waals surface area contributed by atoms with E-state index < -0.39 is 6.10 Å². The summed E-state index contributed by atoms with van der Waals surface area (Å²) in [5, 5.41) is 3.31. The van der Waals surface area contributed by atoms with Crippen molar-refractivity contribution >= 4 is 23.2 Å². The number of rotatable bonds is 4. The molecule has 4 nitrogen and oxygen atoms in total. The lowest BCUT2D eigenvalue weighted by molar-refractivity contribution is 0.0787. The summed E-state index contributed by atoms with van der Waals surface area (Å²) in [6, 6.07) is 16.4. The number of benzene rings is 2. The third-order valence-corrected chi connectivity index (χ3v) is 3.82. The van der Waals surface area contributed by atoms with Crippen LogP contribution in [0.3, 0.4) is 0 Å². The second-order valence-electron chi connectivity index (χ2n) is 4.95. The van der Waals surface area contributed by atoms with Crippen LogP contribution in [0.15, 0.2) is 54.6 Å². The number of carbonyl (C=O) groups is 1. The molecule has 112 valence electrons. The number of hydrogen-bond acceptors (Lipinski definition) is 4. The molecule has 1 aliphatic heterocycles. The standard InChI is InChI=1S/C17H15NO3S/c1-20-13-9-7-12(8-10-13)15(19)16-14(18-17(22)21-16)11-5-3-2-4-6-11/h2-10,14,16H,1H3,(H,18,22). The van der Waals surface area contributed by atoms with Crippen LogP contribution in [0.25, 0.3) is 0 Å². The summed E-state index contributed by atoms with van der Waals surface area (Å²) in [4.78, 5) is 12.7. The number of thiocarbonyl (C=S) groups is 1. The number of methoxy groups -OCH3 is 1. The van der Waals surface area contributed by atoms with Crippen LogP contribution in [0, 0.1) is 0 Å². The van der Waals surface area contributed by atoms with Gasteiger partial charge in [-0.1, -0.05) is 30.3 Å². The second-order valence-corrected chi connectivity index (χ2v) is 5.32. The summed E-state index contributed by atoms with van der Waals surface area (Å²) in [7, 11) is 1.59. The van der Waals surface area contributed by atoms with Crippen LogP contribution >= 0.6 is 12.2 Å². The van der Waals surface area contributed by atoms with Crippen LogP contribution in [0.5, 0.6) is 5.75 Å². The molecule has 5 heteroatoms. The van der Waals surface area contributed by atoms with Crippen molar-refractivity contribution in [3.63, 3.8) is 0 Å². The Kier molecular flexibility index (Phi) is 4.06. The molecule has 1 N–H and O–H groups in total. The Bertz CT molecular complexity index is 685. The average Bonchev–Trinajstić information content (AvgIpc) is 2.97. The SMILES string of the molecule is COc1ccc(C(=O)C2OC(=S)NC2c2ccccc2)cc1. The van der Waals surface area contributed by atoms with Gasteiger partial charge in [0.05, 0.1) is 13.2 Å². The second kappa shape index (κ2) is 6.15. The zero-order valence-electron chi connectivity index (χ0n) is 12.0. The summed E-state index contributed by atoms with van der Waals surface area (Å²) in [5.41, 5.74) is 1.53. The van der Waals surface area contributed by atoms with Gasteiger partial charge in [-0.3, -0.25) is 4.79 Å². The van der Waals surface area contributed by atoms with Crippen molar-refractivity contribution in [3.05, 3.63) is 65.7 Å². The summed E-state index contributed by atoms with van der Waals surface area (Å²) in [6.45, 7) is 0. The normalized spacial score (nSPS) is 20.1. The van der Waals surface area contributed by atoms with Crippen LogP contribution in [0.4, 0.5) is 0 Å². The average molecular weight is 313 g/mol. The van der Waals surface area contributed by atoms with Gasteiger partial charge < -0.3 is 14.8 Å². The molecular formula is C17H15NO3S. The fourth-order valence-corrected chi connectivity index (χ4v) is 2.69. The Balaban J connectivity index is 1.87. The smallest absolute Gasteiger partial charge is 0.258 e. The van der Waals surface area contributed by atoms with Crippen LogP contribution in [0.2, 0.25) is 0 Å². The van der Waals surface area contributed by atoms with Gasteiger partial charge in [-0.15, -0.1) is 0 Å². The topological polar surface area (TPSA) is 47.6 Å². The number of carbonyl (C=O) groups excluding carboxylic acids is 1. The first kappa shape index (κ1) is 14.5. The molecule has 1 saturated heterocycles. The highest BCUT2D eigenvalue weighted by molar-refractivity contribution is 7.80. The zero-order valence-corrected chi connectivity index (χ0v) is 12.8. The maximum atomic E-state index is 12.7. The van der Waals surface area contributed by atoms with Gasteiger partial charge in [0.15, 0.2) is 6.10 Å². The van der Waals surface area contributed by atoms with Crippen molar-refractivity contribution < 1.29 is 14.3 Å². The predicted molar refractivity (Wildman–Crippen MR) is 87.1 cm³/mol. The molecule has 0 saturated carbocycles. The monoisotopic (exact) mass is 313 g/mol. The molecule has 2 atom stereocenters. The molecule has 0 aromatic heterocycles. The van der Waals surface area contributed by atoms with Crippen molar-refractivity contribution in [3.8, 4) is 5.75 Å². The lowest BCUT2D eigenvalue weighted by atomic mass is 9.96. The van der Waals surface area contributed by atoms with Crippen LogP contribution in [-0.2, 0) is 4.74 Å². The highest BCUT2D eigenvalue weighted by Gasteiger charge is 2.38. The minimum absolute atomic E-state index is 0.108. The van der Waals surface area contributed by atoms with Gasteiger partial charge in [0, 0.05) is 5.56 Å². The van der Waals surface area contributed by atoms with E-state index in [1.165, 1.54) is 0 Å². The number of hydrogen-bond donors (Lipinski definition) is 1. The van der Waals surface area contributed by atoms with E-state index >= 15 is 0 Å². The van der Waals surface area contributed by atoms with Gasteiger partial charge in [-0.25, -0.2) is 0 Å². The number of nitrogens with one attached hydrogen (secondary N) is 1. The number of ether oxygens (including phenoxy) is 2. The third-order valence-electron chi connectivity index (χ3n) is 3.60. The van der Waals surface area contributed by atoms with Gasteiger partial charge in [0.25, 0.3) is 5.17 Å². The first-order valence-electron chi connectivity index (χ1n) is 6.89. The van der Waals surface area contributed by atoms with E-state index in [1.54, 1.807) is 31.4 Å². The Morgan fingerprint density at radius 2 is 1.82 bits per heavy atom. The van der Waals surface area contributed by atoms with Crippen molar-refractivity contribution in [2.75, 3.05) is 7.11 Å². The van der Waals surface area contributed by atoms with Gasteiger partial charge in [0.2, 0.25) is 5.78 Å². The molecular weight excluding hydrogens is 298 g/mol. The van der Waals surface area contributed by atoms with Crippen LogP contribution < -0.4 is 10.1 Å². The van der Waals surface area contributed by atoms with Crippen LogP contribution in [-0.4, -0.2) is 24.2 Å². The molecule has 0 bridgehead atoms. The highest BCUT2D eigenvalue weighted by Crippen LogP contribution is 2.27. The zero-order chi connectivity index (χ0) is 15.5. The lowest BCUT2D eigenvalue weighted by Crippen LogP contribution is -2.29. The quantitative estimate of drug-likeness (QED) is 0.695. The van der Waals surface area contributed by atoms with E-state index in [2.05, 4.69) is 5.32 Å². The fourth-order valence-electron chi connectivity index (χ4n) is 2.46. The van der Waals surface area contributed by atoms with Crippen molar-refractivity contribution in [1.82, 2.24) is 5.32 Å². The highest BCUT2D eigenvalue weighted by atomic mass is 32.1. The minimum atomic E-state index is -0.664. The van der Waals surface area contributed by atoms with E-state index in [0.717, 1.165) is 5.56 Å². The Labute approximate surface area is 134 Å². The molecule has 3 rings (SSSR count). The van der Waals surface area contributed by atoms with E-state index in [-0.39, 0.29) is 17.0 Å². The Morgan fingerprint density at radius 3 is 2.45 bits per heavy atom. The molecule has 1 aliphatic rings. The van der Waals surface area contributed by atoms with Crippen molar-refractivity contribution in [1.29, 1.82) is 0 Å². The number of Topliss-reactive ketones (excluding diaryl/α,β-unsaturated/α-hetero) is 1.